The van der Waals surface area contributed by atoms with Crippen molar-refractivity contribution in [2.24, 2.45) is 0 Å². The van der Waals surface area contributed by atoms with Crippen LogP contribution < -0.4 is 10.0 Å². The quantitative estimate of drug-likeness (QED) is 0.860. The third kappa shape index (κ3) is 3.77. The highest BCUT2D eigenvalue weighted by Gasteiger charge is 2.18. The van der Waals surface area contributed by atoms with Crippen molar-refractivity contribution in [3.63, 3.8) is 0 Å². The van der Waals surface area contributed by atoms with Crippen LogP contribution in [-0.2, 0) is 10.0 Å². The van der Waals surface area contributed by atoms with E-state index in [0.29, 0.717) is 12.1 Å². The van der Waals surface area contributed by atoms with Gasteiger partial charge in [0, 0.05) is 12.6 Å². The molecule has 0 radical (unpaired) electrons. The van der Waals surface area contributed by atoms with E-state index in [4.69, 9.17) is 5.26 Å². The molecule has 0 bridgehead atoms. The summed E-state index contributed by atoms with van der Waals surface area (Å²) in [5, 5.41) is 12.1. The topological polar surface area (TPSA) is 82.0 Å². The molecule has 1 saturated heterocycles. The predicted octanol–water partition coefficient (Wildman–Crippen LogP) is 0.979. The average molecular weight is 279 g/mol. The molecule has 1 aromatic rings. The first kappa shape index (κ1) is 14.0. The number of nitriles is 1. The Balaban J connectivity index is 2.03. The Hall–Kier alpha value is -1.42. The number of benzene rings is 1. The Kier molecular flexibility index (Phi) is 4.53. The smallest absolute Gasteiger partial charge is 0.240 e. The van der Waals surface area contributed by atoms with E-state index in [1.807, 2.05) is 6.07 Å². The van der Waals surface area contributed by atoms with Crippen molar-refractivity contribution >= 4 is 10.0 Å². The molecule has 102 valence electrons. The van der Waals surface area contributed by atoms with Gasteiger partial charge in [0.05, 0.1) is 16.5 Å². The Morgan fingerprint density at radius 2 is 2.26 bits per heavy atom. The molecule has 1 heterocycles. The zero-order chi connectivity index (χ0) is 13.7. The number of sulfonamides is 1. The van der Waals surface area contributed by atoms with Crippen molar-refractivity contribution in [3.05, 3.63) is 29.8 Å². The van der Waals surface area contributed by atoms with Crippen LogP contribution in [0.2, 0.25) is 0 Å². The van der Waals surface area contributed by atoms with E-state index in [1.54, 1.807) is 12.1 Å². The Bertz CT molecular complexity index is 572. The first-order chi connectivity index (χ1) is 9.12. The number of rotatable bonds is 4. The lowest BCUT2D eigenvalue weighted by Gasteiger charge is -2.23. The van der Waals surface area contributed by atoms with Gasteiger partial charge in [-0.3, -0.25) is 0 Å². The molecule has 0 saturated carbocycles. The van der Waals surface area contributed by atoms with Gasteiger partial charge in [0.2, 0.25) is 10.0 Å². The van der Waals surface area contributed by atoms with Crippen molar-refractivity contribution in [1.29, 1.82) is 5.26 Å². The maximum Gasteiger partial charge on any atom is 0.240 e. The van der Waals surface area contributed by atoms with Crippen molar-refractivity contribution in [1.82, 2.24) is 10.0 Å². The largest absolute Gasteiger partial charge is 0.313 e. The molecule has 0 spiro atoms. The zero-order valence-corrected chi connectivity index (χ0v) is 11.4. The van der Waals surface area contributed by atoms with E-state index in [1.165, 1.54) is 12.1 Å². The number of piperidine rings is 1. The van der Waals surface area contributed by atoms with Crippen LogP contribution >= 0.6 is 0 Å². The minimum Gasteiger partial charge on any atom is -0.313 e. The van der Waals surface area contributed by atoms with Crippen molar-refractivity contribution in [2.45, 2.75) is 30.2 Å². The molecule has 2 rings (SSSR count). The average Bonchev–Trinajstić information content (AvgIpc) is 2.46. The van der Waals surface area contributed by atoms with Gasteiger partial charge in [-0.15, -0.1) is 0 Å². The number of nitrogens with one attached hydrogen (secondary N) is 2. The van der Waals surface area contributed by atoms with Crippen LogP contribution in [-0.4, -0.2) is 27.5 Å². The highest BCUT2D eigenvalue weighted by Crippen LogP contribution is 2.12. The lowest BCUT2D eigenvalue weighted by atomic mass is 10.1. The van der Waals surface area contributed by atoms with E-state index < -0.39 is 10.0 Å². The monoisotopic (exact) mass is 279 g/mol. The van der Waals surface area contributed by atoms with Crippen LogP contribution in [0, 0.1) is 11.3 Å². The third-order valence-corrected chi connectivity index (χ3v) is 4.63. The Morgan fingerprint density at radius 1 is 1.42 bits per heavy atom. The van der Waals surface area contributed by atoms with Gasteiger partial charge in [-0.25, -0.2) is 13.1 Å². The number of hydrogen-bond acceptors (Lipinski definition) is 4. The zero-order valence-electron chi connectivity index (χ0n) is 10.6. The van der Waals surface area contributed by atoms with Gasteiger partial charge >= 0.3 is 0 Å². The molecule has 1 aliphatic rings. The van der Waals surface area contributed by atoms with Gasteiger partial charge in [0.1, 0.15) is 0 Å². The fraction of sp³-hybridized carbons (Fsp3) is 0.462. The molecule has 1 aromatic carbocycles. The van der Waals surface area contributed by atoms with Crippen molar-refractivity contribution in [2.75, 3.05) is 13.1 Å². The summed E-state index contributed by atoms with van der Waals surface area (Å²) in [6.45, 7) is 1.33. The molecule has 6 heteroatoms. The normalized spacial score (nSPS) is 19.8. The summed E-state index contributed by atoms with van der Waals surface area (Å²) in [4.78, 5) is 0.141. The summed E-state index contributed by atoms with van der Waals surface area (Å²) < 4.78 is 26.8. The van der Waals surface area contributed by atoms with Gasteiger partial charge in [-0.1, -0.05) is 12.5 Å². The lowest BCUT2D eigenvalue weighted by Crippen LogP contribution is -2.43. The molecule has 1 aliphatic heterocycles. The Morgan fingerprint density at radius 3 is 2.95 bits per heavy atom. The summed E-state index contributed by atoms with van der Waals surface area (Å²) in [6, 6.07) is 8.18. The maximum absolute atomic E-state index is 12.1. The molecule has 0 amide bonds. The van der Waals surface area contributed by atoms with E-state index >= 15 is 0 Å². The summed E-state index contributed by atoms with van der Waals surface area (Å²) in [7, 11) is -3.53. The van der Waals surface area contributed by atoms with Crippen LogP contribution in [0.25, 0.3) is 0 Å². The van der Waals surface area contributed by atoms with Crippen LogP contribution in [0.4, 0.5) is 0 Å². The van der Waals surface area contributed by atoms with Gasteiger partial charge < -0.3 is 5.32 Å². The summed E-state index contributed by atoms with van der Waals surface area (Å²) in [6.07, 6.45) is 3.26. The molecule has 1 unspecified atom stereocenters. The Labute approximate surface area is 113 Å². The van der Waals surface area contributed by atoms with Gasteiger partial charge in [-0.05, 0) is 37.6 Å². The molecule has 19 heavy (non-hydrogen) atoms. The van der Waals surface area contributed by atoms with Crippen molar-refractivity contribution in [3.8, 4) is 6.07 Å². The summed E-state index contributed by atoms with van der Waals surface area (Å²) >= 11 is 0. The SMILES string of the molecule is N#Cc1cccc(S(=O)(=O)NCC2CCCCN2)c1. The van der Waals surface area contributed by atoms with Crippen LogP contribution in [0.1, 0.15) is 24.8 Å². The van der Waals surface area contributed by atoms with Gasteiger partial charge in [-0.2, -0.15) is 5.26 Å². The molecule has 0 aliphatic carbocycles. The second-order valence-corrected chi connectivity index (χ2v) is 6.41. The maximum atomic E-state index is 12.1. The molecule has 1 fully saturated rings. The molecule has 5 nitrogen and oxygen atoms in total. The van der Waals surface area contributed by atoms with E-state index in [9.17, 15) is 8.42 Å². The molecular formula is C13H17N3O2S. The first-order valence-electron chi connectivity index (χ1n) is 6.35. The van der Waals surface area contributed by atoms with Gasteiger partial charge in [0.25, 0.3) is 0 Å². The number of nitrogens with zero attached hydrogens (tertiary/aromatic N) is 1. The third-order valence-electron chi connectivity index (χ3n) is 3.21. The van der Waals surface area contributed by atoms with E-state index in [0.717, 1.165) is 25.8 Å². The minimum absolute atomic E-state index is 0.141. The van der Waals surface area contributed by atoms with Gasteiger partial charge in [0.15, 0.2) is 0 Å². The molecule has 0 aromatic heterocycles. The highest BCUT2D eigenvalue weighted by molar-refractivity contribution is 7.89. The fourth-order valence-electron chi connectivity index (χ4n) is 2.12. The fourth-order valence-corrected chi connectivity index (χ4v) is 3.25. The highest BCUT2D eigenvalue weighted by atomic mass is 32.2. The van der Waals surface area contributed by atoms with Crippen LogP contribution in [0.3, 0.4) is 0 Å². The standard InChI is InChI=1S/C13H17N3O2S/c14-9-11-4-3-6-13(8-11)19(17,18)16-10-12-5-1-2-7-15-12/h3-4,6,8,12,15-16H,1-2,5,7,10H2. The second kappa shape index (κ2) is 6.15. The lowest BCUT2D eigenvalue weighted by molar-refractivity contribution is 0.398. The minimum atomic E-state index is -3.53. The summed E-state index contributed by atoms with van der Waals surface area (Å²) in [5.41, 5.74) is 0.346. The molecule has 2 N–H and O–H groups in total. The second-order valence-electron chi connectivity index (χ2n) is 4.64. The van der Waals surface area contributed by atoms with E-state index in [2.05, 4.69) is 10.0 Å². The first-order valence-corrected chi connectivity index (χ1v) is 7.83. The predicted molar refractivity (Wildman–Crippen MR) is 72.0 cm³/mol. The molecular weight excluding hydrogens is 262 g/mol. The van der Waals surface area contributed by atoms with Crippen LogP contribution in [0.5, 0.6) is 0 Å². The number of hydrogen-bond donors (Lipinski definition) is 2. The van der Waals surface area contributed by atoms with Crippen molar-refractivity contribution < 1.29 is 8.42 Å². The molecule has 1 atom stereocenters. The van der Waals surface area contributed by atoms with Crippen LogP contribution in [0.15, 0.2) is 29.2 Å². The summed E-state index contributed by atoms with van der Waals surface area (Å²) in [5.74, 6) is 0. The van der Waals surface area contributed by atoms with E-state index in [-0.39, 0.29) is 10.9 Å².